The first-order valence-electron chi connectivity index (χ1n) is 9.39. The molecule has 0 spiro atoms. The minimum absolute atomic E-state index is 0. The van der Waals surface area contributed by atoms with Gasteiger partial charge in [-0.15, -0.1) is 35.9 Å². The van der Waals surface area contributed by atoms with Gasteiger partial charge in [-0.2, -0.15) is 0 Å². The highest BCUT2D eigenvalue weighted by Crippen LogP contribution is 2.44. The maximum atomic E-state index is 6.06. The summed E-state index contributed by atoms with van der Waals surface area (Å²) in [5, 5.41) is 2.34. The Kier molecular flexibility index (Phi) is 9.00. The van der Waals surface area contributed by atoms with Gasteiger partial charge in [0.05, 0.1) is 15.8 Å². The summed E-state index contributed by atoms with van der Waals surface area (Å²) in [5.41, 5.74) is 3.27. The predicted molar refractivity (Wildman–Crippen MR) is 128 cm³/mol. The number of hydrogen-bond donors (Lipinski definition) is 0. The molecule has 0 aliphatic carbocycles. The number of aromatic nitrogens is 1. The normalized spacial score (nSPS) is 11.2. The highest BCUT2D eigenvalue weighted by molar-refractivity contribution is 8.16. The molecule has 150 valence electrons. The van der Waals surface area contributed by atoms with Crippen molar-refractivity contribution in [2.45, 2.75) is 49.4 Å². The van der Waals surface area contributed by atoms with Gasteiger partial charge in [-0.25, -0.2) is 4.98 Å². The lowest BCUT2D eigenvalue weighted by molar-refractivity contribution is 0.301. The number of para-hydroxylation sites is 1. The third-order valence-electron chi connectivity index (χ3n) is 3.96. The zero-order valence-corrected chi connectivity index (χ0v) is 19.2. The minimum atomic E-state index is 0. The van der Waals surface area contributed by atoms with Crippen molar-refractivity contribution < 1.29 is 4.74 Å². The molecule has 2 aromatic carbocycles. The Bertz CT molecular complexity index is 875. The Hall–Kier alpha value is -1.36. The van der Waals surface area contributed by atoms with Crippen LogP contribution in [0.5, 0.6) is 5.75 Å². The quantitative estimate of drug-likeness (QED) is 0.342. The number of pyridine rings is 1. The molecule has 0 radical (unpaired) electrons. The zero-order valence-electron chi connectivity index (χ0n) is 16.8. The second kappa shape index (κ2) is 11.0. The molecule has 0 atom stereocenters. The lowest BCUT2D eigenvalue weighted by Gasteiger charge is -2.21. The second-order valence-corrected chi connectivity index (χ2v) is 10.7. The molecular weight excluding hydrogens is 406 g/mol. The van der Waals surface area contributed by atoms with Crippen molar-refractivity contribution in [2.75, 3.05) is 0 Å². The van der Waals surface area contributed by atoms with Crippen molar-refractivity contribution in [1.29, 1.82) is 0 Å². The SMILES string of the molecule is CC(C)SC(SC(C)C)c1cccc(OCc2ccc3ccccc3n2)c1.Cl. The number of ether oxygens (including phenoxy) is 1. The van der Waals surface area contributed by atoms with Crippen LogP contribution in [0.25, 0.3) is 10.9 Å². The summed E-state index contributed by atoms with van der Waals surface area (Å²) in [5.74, 6) is 0.904. The Labute approximate surface area is 183 Å². The lowest BCUT2D eigenvalue weighted by Crippen LogP contribution is -2.02. The van der Waals surface area contributed by atoms with Crippen molar-refractivity contribution in [3.8, 4) is 5.75 Å². The average Bonchev–Trinajstić information content (AvgIpc) is 2.65. The van der Waals surface area contributed by atoms with E-state index < -0.39 is 0 Å². The molecule has 1 heterocycles. The first kappa shape index (κ1) is 22.9. The summed E-state index contributed by atoms with van der Waals surface area (Å²) in [4.78, 5) is 4.69. The van der Waals surface area contributed by atoms with E-state index in [2.05, 4.69) is 58.0 Å². The molecule has 2 nitrogen and oxygen atoms in total. The molecule has 0 saturated carbocycles. The number of hydrogen-bond acceptors (Lipinski definition) is 4. The minimum Gasteiger partial charge on any atom is -0.487 e. The highest BCUT2D eigenvalue weighted by Gasteiger charge is 2.17. The molecular formula is C23H28ClNOS2. The summed E-state index contributed by atoms with van der Waals surface area (Å²) >= 11 is 4.00. The zero-order chi connectivity index (χ0) is 19.2. The van der Waals surface area contributed by atoms with Gasteiger partial charge in [0.1, 0.15) is 12.4 Å². The van der Waals surface area contributed by atoms with Crippen molar-refractivity contribution in [2.24, 2.45) is 0 Å². The van der Waals surface area contributed by atoms with E-state index in [0.29, 0.717) is 21.7 Å². The van der Waals surface area contributed by atoms with Crippen LogP contribution in [0.2, 0.25) is 0 Å². The number of rotatable bonds is 8. The number of halogens is 1. The molecule has 0 bridgehead atoms. The summed E-state index contributed by atoms with van der Waals surface area (Å²) in [6.07, 6.45) is 0. The maximum Gasteiger partial charge on any atom is 0.130 e. The first-order chi connectivity index (χ1) is 13.0. The van der Waals surface area contributed by atoms with Crippen molar-refractivity contribution in [1.82, 2.24) is 4.98 Å². The van der Waals surface area contributed by atoms with E-state index in [0.717, 1.165) is 22.3 Å². The Morgan fingerprint density at radius 1 is 0.857 bits per heavy atom. The number of thioether (sulfide) groups is 2. The van der Waals surface area contributed by atoms with E-state index in [4.69, 9.17) is 9.72 Å². The fraction of sp³-hybridized carbons (Fsp3) is 0.348. The van der Waals surface area contributed by atoms with E-state index in [-0.39, 0.29) is 12.4 Å². The predicted octanol–water partition coefficient (Wildman–Crippen LogP) is 7.52. The molecule has 0 amide bonds. The molecule has 0 N–H and O–H groups in total. The van der Waals surface area contributed by atoms with E-state index >= 15 is 0 Å². The molecule has 5 heteroatoms. The molecule has 0 aliphatic rings. The van der Waals surface area contributed by atoms with E-state index in [1.165, 1.54) is 5.56 Å². The van der Waals surface area contributed by atoms with Crippen LogP contribution in [0.15, 0.2) is 60.7 Å². The van der Waals surface area contributed by atoms with Crippen LogP contribution in [0, 0.1) is 0 Å². The van der Waals surface area contributed by atoms with Crippen LogP contribution in [-0.4, -0.2) is 15.5 Å². The van der Waals surface area contributed by atoms with Gasteiger partial charge in [-0.05, 0) is 29.8 Å². The molecule has 0 fully saturated rings. The smallest absolute Gasteiger partial charge is 0.130 e. The van der Waals surface area contributed by atoms with Crippen molar-refractivity contribution in [3.05, 3.63) is 71.9 Å². The van der Waals surface area contributed by atoms with Gasteiger partial charge in [-0.1, -0.05) is 64.1 Å². The number of fused-ring (bicyclic) bond motifs is 1. The summed E-state index contributed by atoms with van der Waals surface area (Å²) in [6.45, 7) is 9.50. The standard InChI is InChI=1S/C23H27NOS2.ClH/c1-16(2)26-23(27-17(3)4)19-9-7-10-21(14-19)25-15-20-13-12-18-8-5-6-11-22(18)24-20;/h5-14,16-17,23H,15H2,1-4H3;1H. The lowest BCUT2D eigenvalue weighted by atomic mass is 10.2. The van der Waals surface area contributed by atoms with Crippen LogP contribution >= 0.6 is 35.9 Å². The average molecular weight is 434 g/mol. The summed E-state index contributed by atoms with van der Waals surface area (Å²) in [6, 6.07) is 20.8. The number of nitrogens with zero attached hydrogens (tertiary/aromatic N) is 1. The molecule has 0 aliphatic heterocycles. The summed E-state index contributed by atoms with van der Waals surface area (Å²) in [7, 11) is 0. The Balaban J connectivity index is 0.00000280. The van der Waals surface area contributed by atoms with Crippen LogP contribution < -0.4 is 4.74 Å². The number of benzene rings is 2. The molecule has 0 unspecified atom stereocenters. The van der Waals surface area contributed by atoms with Gasteiger partial charge in [0.2, 0.25) is 0 Å². The summed E-state index contributed by atoms with van der Waals surface area (Å²) < 4.78 is 6.48. The third kappa shape index (κ3) is 6.61. The monoisotopic (exact) mass is 433 g/mol. The maximum absolute atomic E-state index is 6.06. The van der Waals surface area contributed by atoms with Crippen molar-refractivity contribution in [3.63, 3.8) is 0 Å². The van der Waals surface area contributed by atoms with Gasteiger partial charge in [0.25, 0.3) is 0 Å². The van der Waals surface area contributed by atoms with E-state index in [1.54, 1.807) is 0 Å². The van der Waals surface area contributed by atoms with Crippen LogP contribution in [0.4, 0.5) is 0 Å². The molecule has 1 aromatic heterocycles. The van der Waals surface area contributed by atoms with Gasteiger partial charge in [-0.3, -0.25) is 0 Å². The second-order valence-electron chi connectivity index (χ2n) is 7.06. The van der Waals surface area contributed by atoms with Gasteiger partial charge >= 0.3 is 0 Å². The van der Waals surface area contributed by atoms with Crippen LogP contribution in [-0.2, 0) is 6.61 Å². The first-order valence-corrected chi connectivity index (χ1v) is 11.3. The van der Waals surface area contributed by atoms with Crippen LogP contribution in [0.3, 0.4) is 0 Å². The molecule has 3 aromatic rings. The van der Waals surface area contributed by atoms with Crippen LogP contribution in [0.1, 0.15) is 43.5 Å². The largest absolute Gasteiger partial charge is 0.487 e. The van der Waals surface area contributed by atoms with E-state index in [1.807, 2.05) is 53.9 Å². The van der Waals surface area contributed by atoms with Gasteiger partial charge in [0.15, 0.2) is 0 Å². The van der Waals surface area contributed by atoms with Gasteiger partial charge in [0, 0.05) is 15.9 Å². The molecule has 3 rings (SSSR count). The van der Waals surface area contributed by atoms with E-state index in [9.17, 15) is 0 Å². The topological polar surface area (TPSA) is 22.1 Å². The van der Waals surface area contributed by atoms with Crippen molar-refractivity contribution >= 4 is 46.8 Å². The van der Waals surface area contributed by atoms with Gasteiger partial charge < -0.3 is 4.74 Å². The fourth-order valence-corrected chi connectivity index (χ4v) is 5.97. The molecule has 28 heavy (non-hydrogen) atoms. The Morgan fingerprint density at radius 2 is 1.57 bits per heavy atom. The Morgan fingerprint density at radius 3 is 2.29 bits per heavy atom. The fourth-order valence-electron chi connectivity index (χ4n) is 2.78. The highest BCUT2D eigenvalue weighted by atomic mass is 35.5. The third-order valence-corrected chi connectivity index (χ3v) is 6.76. The molecule has 0 saturated heterocycles.